The number of carbonyl (C=O) groups is 2. The van der Waals surface area contributed by atoms with Gasteiger partial charge in [0.2, 0.25) is 0 Å². The number of carbonyl (C=O) groups excluding carboxylic acids is 1. The van der Waals surface area contributed by atoms with Crippen LogP contribution in [0.25, 0.3) is 0 Å². The largest absolute Gasteiger partial charge is 0.480 e. The minimum absolute atomic E-state index is 0.135. The van der Waals surface area contributed by atoms with Gasteiger partial charge in [-0.3, -0.25) is 0 Å². The molecule has 0 aromatic carbocycles. The first-order valence-electron chi connectivity index (χ1n) is 6.40. The van der Waals surface area contributed by atoms with Gasteiger partial charge in [0.25, 0.3) is 0 Å². The summed E-state index contributed by atoms with van der Waals surface area (Å²) in [6, 6.07) is -0.922. The molecule has 5 nitrogen and oxygen atoms in total. The average molecular weight is 240 g/mol. The topological polar surface area (TPSA) is 69.6 Å². The van der Waals surface area contributed by atoms with Gasteiger partial charge >= 0.3 is 12.0 Å². The zero-order valence-electron chi connectivity index (χ0n) is 10.2. The molecule has 2 fully saturated rings. The van der Waals surface area contributed by atoms with Crippen molar-refractivity contribution in [2.75, 3.05) is 13.1 Å². The average Bonchev–Trinajstić information content (AvgIpc) is 3.14. The van der Waals surface area contributed by atoms with Crippen LogP contribution in [0.2, 0.25) is 0 Å². The third-order valence-corrected chi connectivity index (χ3v) is 3.48. The van der Waals surface area contributed by atoms with Crippen molar-refractivity contribution >= 4 is 12.0 Å². The van der Waals surface area contributed by atoms with E-state index in [2.05, 4.69) is 5.32 Å². The molecule has 2 aliphatic rings. The minimum atomic E-state index is -0.914. The molecule has 2 rings (SSSR count). The predicted molar refractivity (Wildman–Crippen MR) is 62.7 cm³/mol. The summed E-state index contributed by atoms with van der Waals surface area (Å²) in [4.78, 5) is 24.7. The summed E-state index contributed by atoms with van der Waals surface area (Å²) in [7, 11) is 0. The van der Waals surface area contributed by atoms with Crippen molar-refractivity contribution in [3.63, 3.8) is 0 Å². The normalized spacial score (nSPS) is 20.8. The Bertz CT molecular complexity index is 311. The minimum Gasteiger partial charge on any atom is -0.480 e. The number of nitrogens with one attached hydrogen (secondary N) is 1. The zero-order chi connectivity index (χ0) is 12.4. The molecule has 0 radical (unpaired) electrons. The summed E-state index contributed by atoms with van der Waals surface area (Å²) in [5, 5.41) is 11.7. The van der Waals surface area contributed by atoms with Crippen LogP contribution in [0.1, 0.15) is 32.6 Å². The van der Waals surface area contributed by atoms with E-state index < -0.39 is 12.0 Å². The Hall–Kier alpha value is -1.26. The Morgan fingerprint density at radius 3 is 2.41 bits per heavy atom. The number of nitrogens with zero attached hydrogens (tertiary/aromatic N) is 1. The second-order valence-corrected chi connectivity index (χ2v) is 5.08. The second kappa shape index (κ2) is 4.94. The molecular weight excluding hydrogens is 220 g/mol. The van der Waals surface area contributed by atoms with E-state index in [0.29, 0.717) is 12.5 Å². The Balaban J connectivity index is 1.85. The van der Waals surface area contributed by atoms with Crippen LogP contribution in [0.3, 0.4) is 0 Å². The summed E-state index contributed by atoms with van der Waals surface area (Å²) >= 11 is 0. The summed E-state index contributed by atoms with van der Waals surface area (Å²) in [5.74, 6) is -0.149. The maximum atomic E-state index is 11.9. The van der Waals surface area contributed by atoms with Gasteiger partial charge in [0.05, 0.1) is 0 Å². The molecule has 1 atom stereocenters. The molecule has 0 heterocycles. The molecule has 0 spiro atoms. The molecule has 2 N–H and O–H groups in total. The lowest BCUT2D eigenvalue weighted by molar-refractivity contribution is -0.139. The summed E-state index contributed by atoms with van der Waals surface area (Å²) in [5.41, 5.74) is 0. The molecule has 2 saturated carbocycles. The van der Waals surface area contributed by atoms with Crippen molar-refractivity contribution in [2.45, 2.75) is 38.6 Å². The number of hydrogen-bond donors (Lipinski definition) is 2. The fourth-order valence-electron chi connectivity index (χ4n) is 2.00. The van der Waals surface area contributed by atoms with Crippen molar-refractivity contribution in [1.82, 2.24) is 10.2 Å². The van der Waals surface area contributed by atoms with E-state index in [1.165, 1.54) is 12.8 Å². The Kier molecular flexibility index (Phi) is 3.54. The fourth-order valence-corrected chi connectivity index (χ4v) is 2.00. The molecular formula is C12H20N2O3. The molecule has 2 amide bonds. The third-order valence-electron chi connectivity index (χ3n) is 3.48. The van der Waals surface area contributed by atoms with Gasteiger partial charge in [0.15, 0.2) is 0 Å². The monoisotopic (exact) mass is 240 g/mol. The first-order chi connectivity index (χ1) is 8.11. The van der Waals surface area contributed by atoms with Gasteiger partial charge in [-0.1, -0.05) is 0 Å². The van der Waals surface area contributed by atoms with Crippen molar-refractivity contribution in [3.05, 3.63) is 0 Å². The SMILES string of the molecule is CCN(CC1CC1)C(=O)NC(C(=O)O)C1CC1. The zero-order valence-corrected chi connectivity index (χ0v) is 10.2. The van der Waals surface area contributed by atoms with Crippen LogP contribution < -0.4 is 5.32 Å². The van der Waals surface area contributed by atoms with Crippen LogP contribution in [0, 0.1) is 11.8 Å². The number of carboxylic acids is 1. The summed E-state index contributed by atoms with van der Waals surface area (Å²) in [6.07, 6.45) is 4.20. The van der Waals surface area contributed by atoms with Crippen LogP contribution in [0.4, 0.5) is 4.79 Å². The molecule has 1 unspecified atom stereocenters. The van der Waals surface area contributed by atoms with Crippen LogP contribution in [-0.2, 0) is 4.79 Å². The van der Waals surface area contributed by atoms with E-state index >= 15 is 0 Å². The molecule has 96 valence electrons. The highest BCUT2D eigenvalue weighted by Crippen LogP contribution is 2.33. The predicted octanol–water partition coefficient (Wildman–Crippen LogP) is 1.29. The number of rotatable bonds is 6. The van der Waals surface area contributed by atoms with Crippen molar-refractivity contribution in [1.29, 1.82) is 0 Å². The van der Waals surface area contributed by atoms with E-state index in [-0.39, 0.29) is 11.9 Å². The van der Waals surface area contributed by atoms with Gasteiger partial charge in [-0.05, 0) is 44.4 Å². The van der Waals surface area contributed by atoms with Crippen molar-refractivity contribution in [2.24, 2.45) is 11.8 Å². The smallest absolute Gasteiger partial charge is 0.326 e. The van der Waals surface area contributed by atoms with Crippen LogP contribution >= 0.6 is 0 Å². The van der Waals surface area contributed by atoms with E-state index in [1.807, 2.05) is 6.92 Å². The lowest BCUT2D eigenvalue weighted by Gasteiger charge is -2.23. The molecule has 0 aliphatic heterocycles. The summed E-state index contributed by atoms with van der Waals surface area (Å²) in [6.45, 7) is 3.33. The van der Waals surface area contributed by atoms with Crippen molar-refractivity contribution in [3.8, 4) is 0 Å². The first kappa shape index (κ1) is 12.2. The van der Waals surface area contributed by atoms with Gasteiger partial charge in [-0.25, -0.2) is 9.59 Å². The maximum absolute atomic E-state index is 11.9. The van der Waals surface area contributed by atoms with Gasteiger partial charge in [-0.15, -0.1) is 0 Å². The lowest BCUT2D eigenvalue weighted by atomic mass is 10.2. The molecule has 0 aromatic heterocycles. The summed E-state index contributed by atoms with van der Waals surface area (Å²) < 4.78 is 0. The van der Waals surface area contributed by atoms with E-state index in [0.717, 1.165) is 19.4 Å². The second-order valence-electron chi connectivity index (χ2n) is 5.08. The quantitative estimate of drug-likeness (QED) is 0.735. The first-order valence-corrected chi connectivity index (χ1v) is 6.40. The number of carboxylic acid groups (broad SMARTS) is 1. The molecule has 2 aliphatic carbocycles. The fraction of sp³-hybridized carbons (Fsp3) is 0.833. The molecule has 5 heteroatoms. The van der Waals surface area contributed by atoms with Crippen molar-refractivity contribution < 1.29 is 14.7 Å². The highest BCUT2D eigenvalue weighted by molar-refractivity contribution is 5.83. The number of hydrogen-bond acceptors (Lipinski definition) is 2. The van der Waals surface area contributed by atoms with E-state index in [9.17, 15) is 9.59 Å². The molecule has 0 bridgehead atoms. The maximum Gasteiger partial charge on any atom is 0.326 e. The van der Waals surface area contributed by atoms with Crippen LogP contribution in [0.15, 0.2) is 0 Å². The standard InChI is InChI=1S/C12H20N2O3/c1-2-14(7-8-3-4-8)12(17)13-10(11(15)16)9-5-6-9/h8-10H,2-7H2,1H3,(H,13,17)(H,15,16). The van der Waals surface area contributed by atoms with E-state index in [1.54, 1.807) is 4.90 Å². The third kappa shape index (κ3) is 3.35. The Morgan fingerprint density at radius 2 is 2.00 bits per heavy atom. The van der Waals surface area contributed by atoms with Gasteiger partial charge < -0.3 is 15.3 Å². The number of urea groups is 1. The van der Waals surface area contributed by atoms with Crippen LogP contribution in [-0.4, -0.2) is 41.1 Å². The van der Waals surface area contributed by atoms with Gasteiger partial charge in [-0.2, -0.15) is 0 Å². The highest BCUT2D eigenvalue weighted by atomic mass is 16.4. The van der Waals surface area contributed by atoms with Gasteiger partial charge in [0.1, 0.15) is 6.04 Å². The van der Waals surface area contributed by atoms with Crippen LogP contribution in [0.5, 0.6) is 0 Å². The molecule has 17 heavy (non-hydrogen) atoms. The lowest BCUT2D eigenvalue weighted by Crippen LogP contribution is -2.49. The molecule has 0 aromatic rings. The Morgan fingerprint density at radius 1 is 1.35 bits per heavy atom. The number of aliphatic carboxylic acids is 1. The molecule has 0 saturated heterocycles. The Labute approximate surface area is 101 Å². The number of amides is 2. The van der Waals surface area contributed by atoms with E-state index in [4.69, 9.17) is 5.11 Å². The van der Waals surface area contributed by atoms with Gasteiger partial charge in [0, 0.05) is 13.1 Å². The highest BCUT2D eigenvalue weighted by Gasteiger charge is 2.38.